The molecule has 0 bridgehead atoms. The average Bonchev–Trinajstić information content (AvgIpc) is 2.87. The van der Waals surface area contributed by atoms with Crippen LogP contribution in [0.5, 0.6) is 0 Å². The predicted octanol–water partition coefficient (Wildman–Crippen LogP) is 0.837. The smallest absolute Gasteiger partial charge is 0.221 e. The monoisotopic (exact) mass is 244 g/mol. The summed E-state index contributed by atoms with van der Waals surface area (Å²) in [6.45, 7) is 0.848. The van der Waals surface area contributed by atoms with Gasteiger partial charge >= 0.3 is 0 Å². The molecule has 1 aromatic heterocycles. The highest BCUT2D eigenvalue weighted by atomic mass is 16.1. The molecular formula is C13H16N4O. The molecule has 94 valence electrons. The van der Waals surface area contributed by atoms with Gasteiger partial charge in [0.15, 0.2) is 0 Å². The van der Waals surface area contributed by atoms with Gasteiger partial charge in [0.05, 0.1) is 11.9 Å². The van der Waals surface area contributed by atoms with Crippen molar-refractivity contribution in [3.63, 3.8) is 0 Å². The Hall–Kier alpha value is -2.14. The van der Waals surface area contributed by atoms with E-state index >= 15 is 0 Å². The van der Waals surface area contributed by atoms with Gasteiger partial charge in [0, 0.05) is 31.3 Å². The van der Waals surface area contributed by atoms with Crippen LogP contribution >= 0.6 is 0 Å². The second-order valence-corrected chi connectivity index (χ2v) is 3.94. The maximum absolute atomic E-state index is 11.3. The molecule has 0 saturated carbocycles. The number of aromatic nitrogens is 2. The molecule has 0 aliphatic rings. The highest BCUT2D eigenvalue weighted by Crippen LogP contribution is 2.07. The van der Waals surface area contributed by atoms with Gasteiger partial charge in [-0.25, -0.2) is 4.68 Å². The summed E-state index contributed by atoms with van der Waals surface area (Å²) < 4.78 is 1.78. The zero-order valence-electron chi connectivity index (χ0n) is 10.0. The lowest BCUT2D eigenvalue weighted by atomic mass is 10.3. The molecule has 1 heterocycles. The molecule has 18 heavy (non-hydrogen) atoms. The van der Waals surface area contributed by atoms with E-state index in [0.29, 0.717) is 19.5 Å². The van der Waals surface area contributed by atoms with Crippen molar-refractivity contribution in [2.75, 3.05) is 6.54 Å². The summed E-state index contributed by atoms with van der Waals surface area (Å²) in [5.74, 6) is -0.0371. The van der Waals surface area contributed by atoms with Gasteiger partial charge in [0.1, 0.15) is 0 Å². The summed E-state index contributed by atoms with van der Waals surface area (Å²) in [4.78, 5) is 11.3. The van der Waals surface area contributed by atoms with E-state index in [2.05, 4.69) is 10.4 Å². The third-order valence-corrected chi connectivity index (χ3v) is 2.52. The Morgan fingerprint density at radius 1 is 1.33 bits per heavy atom. The van der Waals surface area contributed by atoms with Crippen LogP contribution in [0, 0.1) is 0 Å². The van der Waals surface area contributed by atoms with Crippen molar-refractivity contribution in [2.45, 2.75) is 13.0 Å². The number of carbonyl (C=O) groups is 1. The van der Waals surface area contributed by atoms with Crippen molar-refractivity contribution in [1.29, 1.82) is 0 Å². The van der Waals surface area contributed by atoms with E-state index in [0.717, 1.165) is 11.3 Å². The molecule has 5 nitrogen and oxygen atoms in total. The molecule has 0 atom stereocenters. The zero-order chi connectivity index (χ0) is 12.8. The van der Waals surface area contributed by atoms with E-state index in [9.17, 15) is 4.79 Å². The third kappa shape index (κ3) is 3.18. The maximum atomic E-state index is 11.3. The molecule has 3 N–H and O–H groups in total. The molecule has 0 unspecified atom stereocenters. The fourth-order valence-corrected chi connectivity index (χ4v) is 1.59. The van der Waals surface area contributed by atoms with Crippen LogP contribution in [0.1, 0.15) is 12.0 Å². The molecule has 1 aromatic carbocycles. The quantitative estimate of drug-likeness (QED) is 0.818. The Morgan fingerprint density at radius 2 is 2.11 bits per heavy atom. The Bertz CT molecular complexity index is 507. The van der Waals surface area contributed by atoms with Crippen LogP contribution in [0.4, 0.5) is 0 Å². The molecule has 5 heteroatoms. The summed E-state index contributed by atoms with van der Waals surface area (Å²) in [5, 5.41) is 7.04. The lowest BCUT2D eigenvalue weighted by Crippen LogP contribution is -2.24. The molecular weight excluding hydrogens is 228 g/mol. The van der Waals surface area contributed by atoms with Crippen LogP contribution in [0.25, 0.3) is 5.69 Å². The first kappa shape index (κ1) is 12.3. The summed E-state index contributed by atoms with van der Waals surface area (Å²) >= 11 is 0. The number of carbonyl (C=O) groups excluding carboxylic acids is 1. The standard InChI is InChI=1S/C13H16N4O/c14-7-6-13(18)15-8-11-9-16-17(10-11)12-4-2-1-3-5-12/h1-5,9-10H,6-8,14H2,(H,15,18). The number of benzene rings is 1. The van der Waals surface area contributed by atoms with E-state index in [-0.39, 0.29) is 5.91 Å². The minimum Gasteiger partial charge on any atom is -0.352 e. The van der Waals surface area contributed by atoms with E-state index in [4.69, 9.17) is 5.73 Å². The fourth-order valence-electron chi connectivity index (χ4n) is 1.59. The number of amides is 1. The minimum atomic E-state index is -0.0371. The molecule has 2 rings (SSSR count). The third-order valence-electron chi connectivity index (χ3n) is 2.52. The summed E-state index contributed by atoms with van der Waals surface area (Å²) in [7, 11) is 0. The van der Waals surface area contributed by atoms with Crippen molar-refractivity contribution < 1.29 is 4.79 Å². The number of hydrogen-bond donors (Lipinski definition) is 2. The molecule has 0 radical (unpaired) electrons. The van der Waals surface area contributed by atoms with Crippen LogP contribution < -0.4 is 11.1 Å². The average molecular weight is 244 g/mol. The Balaban J connectivity index is 1.97. The van der Waals surface area contributed by atoms with Crippen LogP contribution in [0.3, 0.4) is 0 Å². The van der Waals surface area contributed by atoms with Gasteiger partial charge in [0.2, 0.25) is 5.91 Å². The highest BCUT2D eigenvalue weighted by Gasteiger charge is 2.03. The largest absolute Gasteiger partial charge is 0.352 e. The fraction of sp³-hybridized carbons (Fsp3) is 0.231. The van der Waals surface area contributed by atoms with Crippen molar-refractivity contribution in [3.05, 3.63) is 48.3 Å². The molecule has 0 fully saturated rings. The minimum absolute atomic E-state index is 0.0371. The predicted molar refractivity (Wildman–Crippen MR) is 69.1 cm³/mol. The number of hydrogen-bond acceptors (Lipinski definition) is 3. The second-order valence-electron chi connectivity index (χ2n) is 3.94. The Labute approximate surface area is 106 Å². The van der Waals surface area contributed by atoms with Gasteiger partial charge in [0.25, 0.3) is 0 Å². The zero-order valence-corrected chi connectivity index (χ0v) is 10.0. The van der Waals surface area contributed by atoms with E-state index < -0.39 is 0 Å². The van der Waals surface area contributed by atoms with Gasteiger partial charge in [-0.3, -0.25) is 4.79 Å². The Kier molecular flexibility index (Phi) is 4.09. The van der Waals surface area contributed by atoms with Crippen molar-refractivity contribution in [2.24, 2.45) is 5.73 Å². The SMILES string of the molecule is NCCC(=O)NCc1cnn(-c2ccccc2)c1. The first-order valence-electron chi connectivity index (χ1n) is 5.85. The van der Waals surface area contributed by atoms with Crippen LogP contribution in [0.15, 0.2) is 42.7 Å². The van der Waals surface area contributed by atoms with Gasteiger partial charge in [-0.1, -0.05) is 18.2 Å². The van der Waals surface area contributed by atoms with Crippen molar-refractivity contribution in [1.82, 2.24) is 15.1 Å². The number of nitrogens with two attached hydrogens (primary N) is 1. The molecule has 0 aliphatic heterocycles. The molecule has 1 amide bonds. The van der Waals surface area contributed by atoms with Crippen molar-refractivity contribution in [3.8, 4) is 5.69 Å². The molecule has 0 saturated heterocycles. The van der Waals surface area contributed by atoms with Gasteiger partial charge in [-0.15, -0.1) is 0 Å². The van der Waals surface area contributed by atoms with Gasteiger partial charge in [-0.05, 0) is 12.1 Å². The maximum Gasteiger partial charge on any atom is 0.221 e. The van der Waals surface area contributed by atoms with Gasteiger partial charge < -0.3 is 11.1 Å². The molecule has 0 aliphatic carbocycles. The summed E-state index contributed by atoms with van der Waals surface area (Å²) in [5.41, 5.74) is 7.26. The van der Waals surface area contributed by atoms with Crippen LogP contribution in [0.2, 0.25) is 0 Å². The number of rotatable bonds is 5. The lowest BCUT2D eigenvalue weighted by molar-refractivity contribution is -0.121. The lowest BCUT2D eigenvalue weighted by Gasteiger charge is -2.01. The summed E-state index contributed by atoms with van der Waals surface area (Å²) in [6.07, 6.45) is 4.00. The normalized spacial score (nSPS) is 10.3. The second kappa shape index (κ2) is 5.97. The highest BCUT2D eigenvalue weighted by molar-refractivity contribution is 5.75. The van der Waals surface area contributed by atoms with Crippen LogP contribution in [-0.2, 0) is 11.3 Å². The number of para-hydroxylation sites is 1. The van der Waals surface area contributed by atoms with Crippen LogP contribution in [-0.4, -0.2) is 22.2 Å². The topological polar surface area (TPSA) is 72.9 Å². The van der Waals surface area contributed by atoms with E-state index in [1.165, 1.54) is 0 Å². The Morgan fingerprint density at radius 3 is 2.83 bits per heavy atom. The van der Waals surface area contributed by atoms with Crippen molar-refractivity contribution >= 4 is 5.91 Å². The molecule has 0 spiro atoms. The molecule has 2 aromatic rings. The first-order valence-corrected chi connectivity index (χ1v) is 5.85. The van der Waals surface area contributed by atoms with E-state index in [1.54, 1.807) is 10.9 Å². The number of nitrogens with one attached hydrogen (secondary N) is 1. The van der Waals surface area contributed by atoms with Gasteiger partial charge in [-0.2, -0.15) is 5.10 Å². The van der Waals surface area contributed by atoms with E-state index in [1.807, 2.05) is 36.5 Å². The number of nitrogens with zero attached hydrogens (tertiary/aromatic N) is 2. The first-order chi connectivity index (χ1) is 8.79. The summed E-state index contributed by atoms with van der Waals surface area (Å²) in [6, 6.07) is 9.83.